The summed E-state index contributed by atoms with van der Waals surface area (Å²) in [5.74, 6) is -0.436. The summed E-state index contributed by atoms with van der Waals surface area (Å²) in [5, 5.41) is -0.992. The van der Waals surface area contributed by atoms with E-state index in [0.29, 0.717) is 16.2 Å². The minimum absolute atomic E-state index is 0.0190. The van der Waals surface area contributed by atoms with Gasteiger partial charge in [-0.1, -0.05) is 15.9 Å². The van der Waals surface area contributed by atoms with Crippen LogP contribution in [0.15, 0.2) is 0 Å². The van der Waals surface area contributed by atoms with Gasteiger partial charge in [-0.2, -0.15) is 13.2 Å². The molecule has 0 aliphatic heterocycles. The number of carbonyl (C=O) groups is 1. The molecule has 14 heavy (non-hydrogen) atoms. The Morgan fingerprint density at radius 2 is 2.14 bits per heavy atom. The lowest BCUT2D eigenvalue weighted by Gasteiger charge is -1.98. The van der Waals surface area contributed by atoms with Gasteiger partial charge in [0.05, 0.1) is 5.33 Å². The Labute approximate surface area is 90.3 Å². The lowest BCUT2D eigenvalue weighted by molar-refractivity contribution is -0.137. The van der Waals surface area contributed by atoms with Crippen molar-refractivity contribution in [2.75, 3.05) is 5.33 Å². The molecule has 0 saturated carbocycles. The zero-order chi connectivity index (χ0) is 10.9. The van der Waals surface area contributed by atoms with Gasteiger partial charge in [-0.05, 0) is 6.92 Å². The van der Waals surface area contributed by atoms with Gasteiger partial charge in [0, 0.05) is 4.88 Å². The molecule has 0 unspecified atom stereocenters. The zero-order valence-corrected chi connectivity index (χ0v) is 9.39. The van der Waals surface area contributed by atoms with Gasteiger partial charge < -0.3 is 0 Å². The monoisotopic (exact) mass is 287 g/mol. The number of aryl methyl sites for hydroxylation is 1. The van der Waals surface area contributed by atoms with Gasteiger partial charge in [0.25, 0.3) is 0 Å². The van der Waals surface area contributed by atoms with Crippen molar-refractivity contribution >= 4 is 33.0 Å². The van der Waals surface area contributed by atoms with Crippen molar-refractivity contribution in [1.29, 1.82) is 0 Å². The summed E-state index contributed by atoms with van der Waals surface area (Å²) in [5.41, 5.74) is -0.0980. The number of carbonyl (C=O) groups excluding carboxylic acids is 1. The van der Waals surface area contributed by atoms with Crippen LogP contribution in [0.25, 0.3) is 0 Å². The third kappa shape index (κ3) is 2.33. The molecule has 1 aromatic rings. The van der Waals surface area contributed by atoms with Gasteiger partial charge in [0.2, 0.25) is 0 Å². The van der Waals surface area contributed by atoms with Crippen molar-refractivity contribution in [3.05, 3.63) is 15.6 Å². The molecule has 0 radical (unpaired) electrons. The maximum absolute atomic E-state index is 12.2. The largest absolute Gasteiger partial charge is 0.443 e. The van der Waals surface area contributed by atoms with Crippen LogP contribution in [0.5, 0.6) is 0 Å². The second-order valence-corrected chi connectivity index (χ2v) is 4.24. The van der Waals surface area contributed by atoms with Crippen LogP contribution in [-0.4, -0.2) is 16.1 Å². The average molecular weight is 288 g/mol. The minimum atomic E-state index is -4.47. The number of nitrogens with zero attached hydrogens (tertiary/aromatic N) is 1. The fourth-order valence-corrected chi connectivity index (χ4v) is 1.90. The maximum atomic E-state index is 12.2. The van der Waals surface area contributed by atoms with E-state index in [4.69, 9.17) is 0 Å². The summed E-state index contributed by atoms with van der Waals surface area (Å²) in [7, 11) is 0. The molecule has 0 aliphatic rings. The van der Waals surface area contributed by atoms with E-state index in [9.17, 15) is 18.0 Å². The Bertz CT molecular complexity index is 360. The zero-order valence-electron chi connectivity index (χ0n) is 6.98. The van der Waals surface area contributed by atoms with Crippen LogP contribution < -0.4 is 0 Å². The number of Topliss-reactive ketones (excluding diaryl/α,β-unsaturated/α-hetero) is 1. The second kappa shape index (κ2) is 3.98. The number of rotatable bonds is 2. The van der Waals surface area contributed by atoms with E-state index >= 15 is 0 Å². The van der Waals surface area contributed by atoms with Gasteiger partial charge in [-0.15, -0.1) is 11.3 Å². The van der Waals surface area contributed by atoms with Crippen LogP contribution in [0, 0.1) is 6.92 Å². The number of halogens is 4. The topological polar surface area (TPSA) is 30.0 Å². The summed E-state index contributed by atoms with van der Waals surface area (Å²) < 4.78 is 36.5. The smallest absolute Gasteiger partial charge is 0.291 e. The molecule has 1 heterocycles. The first kappa shape index (κ1) is 11.6. The standard InChI is InChI=1S/C7H5BrF3NOS/c1-3-5(4(13)2-8)12-6(14-3)7(9,10)11/h2H2,1H3. The van der Waals surface area contributed by atoms with Crippen LogP contribution in [0.2, 0.25) is 0 Å². The quantitative estimate of drug-likeness (QED) is 0.618. The van der Waals surface area contributed by atoms with Crippen molar-refractivity contribution in [3.8, 4) is 0 Å². The van der Waals surface area contributed by atoms with Crippen LogP contribution >= 0.6 is 27.3 Å². The number of thiazole rings is 1. The van der Waals surface area contributed by atoms with Crippen molar-refractivity contribution in [2.45, 2.75) is 13.1 Å². The molecule has 0 bridgehead atoms. The highest BCUT2D eigenvalue weighted by Crippen LogP contribution is 2.33. The lowest BCUT2D eigenvalue weighted by Crippen LogP contribution is -2.07. The van der Waals surface area contributed by atoms with Gasteiger partial charge in [0.1, 0.15) is 5.69 Å². The highest BCUT2D eigenvalue weighted by atomic mass is 79.9. The Hall–Kier alpha value is -0.430. The van der Waals surface area contributed by atoms with Crippen LogP contribution in [0.4, 0.5) is 13.2 Å². The predicted molar refractivity (Wildman–Crippen MR) is 50.0 cm³/mol. The number of hydrogen-bond donors (Lipinski definition) is 0. The summed E-state index contributed by atoms with van der Waals surface area (Å²) in [6, 6.07) is 0. The first-order valence-corrected chi connectivity index (χ1v) is 5.44. The maximum Gasteiger partial charge on any atom is 0.443 e. The van der Waals surface area contributed by atoms with E-state index in [1.165, 1.54) is 6.92 Å². The van der Waals surface area contributed by atoms with E-state index in [-0.39, 0.29) is 11.0 Å². The summed E-state index contributed by atoms with van der Waals surface area (Å²) in [6.45, 7) is 1.45. The van der Waals surface area contributed by atoms with Crippen molar-refractivity contribution < 1.29 is 18.0 Å². The molecule has 78 valence electrons. The van der Waals surface area contributed by atoms with Crippen molar-refractivity contribution in [3.63, 3.8) is 0 Å². The van der Waals surface area contributed by atoms with E-state index in [1.54, 1.807) is 0 Å². The first-order chi connectivity index (χ1) is 6.36. The van der Waals surface area contributed by atoms with Crippen LogP contribution in [0.3, 0.4) is 0 Å². The molecule has 0 spiro atoms. The van der Waals surface area contributed by atoms with Crippen molar-refractivity contribution in [1.82, 2.24) is 4.98 Å². The third-order valence-electron chi connectivity index (χ3n) is 1.42. The van der Waals surface area contributed by atoms with Gasteiger partial charge in [0.15, 0.2) is 10.8 Å². The Balaban J connectivity index is 3.12. The van der Waals surface area contributed by atoms with E-state index < -0.39 is 17.0 Å². The Kier molecular flexibility index (Phi) is 3.31. The molecule has 0 atom stereocenters. The Morgan fingerprint density at radius 3 is 2.50 bits per heavy atom. The molecule has 0 amide bonds. The fraction of sp³-hybridized carbons (Fsp3) is 0.429. The summed E-state index contributed by atoms with van der Waals surface area (Å²) in [6.07, 6.45) is -4.47. The molecular weight excluding hydrogens is 283 g/mol. The van der Waals surface area contributed by atoms with Crippen LogP contribution in [-0.2, 0) is 6.18 Å². The highest BCUT2D eigenvalue weighted by molar-refractivity contribution is 9.09. The molecule has 0 fully saturated rings. The molecular formula is C7H5BrF3NOS. The third-order valence-corrected chi connectivity index (χ3v) is 2.95. The van der Waals surface area contributed by atoms with Gasteiger partial charge >= 0.3 is 6.18 Å². The van der Waals surface area contributed by atoms with Crippen molar-refractivity contribution in [2.24, 2.45) is 0 Å². The molecule has 1 aromatic heterocycles. The molecule has 0 aromatic carbocycles. The Morgan fingerprint density at radius 1 is 1.57 bits per heavy atom. The van der Waals surface area contributed by atoms with E-state index in [0.717, 1.165) is 0 Å². The SMILES string of the molecule is Cc1sc(C(F)(F)F)nc1C(=O)CBr. The molecule has 0 saturated heterocycles. The normalized spacial score (nSPS) is 11.8. The van der Waals surface area contributed by atoms with Crippen LogP contribution in [0.1, 0.15) is 20.4 Å². The summed E-state index contributed by atoms with van der Waals surface area (Å²) in [4.78, 5) is 14.7. The highest BCUT2D eigenvalue weighted by Gasteiger charge is 2.36. The number of hydrogen-bond acceptors (Lipinski definition) is 3. The fourth-order valence-electron chi connectivity index (χ4n) is 0.840. The molecule has 7 heteroatoms. The van der Waals surface area contributed by atoms with Gasteiger partial charge in [-0.3, -0.25) is 4.79 Å². The molecule has 0 aliphatic carbocycles. The van der Waals surface area contributed by atoms with Gasteiger partial charge in [-0.25, -0.2) is 4.98 Å². The first-order valence-electron chi connectivity index (χ1n) is 3.50. The number of alkyl halides is 4. The molecule has 2 nitrogen and oxygen atoms in total. The average Bonchev–Trinajstić information content (AvgIpc) is 2.45. The number of aromatic nitrogens is 1. The second-order valence-electron chi connectivity index (χ2n) is 2.48. The predicted octanol–water partition coefficient (Wildman–Crippen LogP) is 3.05. The van der Waals surface area contributed by atoms with E-state index in [2.05, 4.69) is 20.9 Å². The lowest BCUT2D eigenvalue weighted by atomic mass is 10.3. The molecule has 0 N–H and O–H groups in total. The summed E-state index contributed by atoms with van der Waals surface area (Å²) >= 11 is 3.37. The van der Waals surface area contributed by atoms with E-state index in [1.807, 2.05) is 0 Å². The minimum Gasteiger partial charge on any atom is -0.291 e. The molecule has 1 rings (SSSR count). The number of ketones is 1.